The van der Waals surface area contributed by atoms with Crippen molar-refractivity contribution in [2.75, 3.05) is 32.1 Å². The van der Waals surface area contributed by atoms with Gasteiger partial charge in [-0.2, -0.15) is 0 Å². The number of likely N-dealkylation sites (N-methyl/N-ethyl adjacent to an activating group) is 1. The van der Waals surface area contributed by atoms with Gasteiger partial charge in [-0.15, -0.1) is 0 Å². The molecule has 0 aliphatic heterocycles. The Morgan fingerprint density at radius 1 is 1.18 bits per heavy atom. The van der Waals surface area contributed by atoms with Gasteiger partial charge in [-0.25, -0.2) is 0 Å². The Kier molecular flexibility index (Phi) is 6.57. The molecule has 0 aliphatic rings. The summed E-state index contributed by atoms with van der Waals surface area (Å²) in [5.74, 6) is 0.00770. The molecule has 0 heterocycles. The summed E-state index contributed by atoms with van der Waals surface area (Å²) in [4.78, 5) is 14.2. The van der Waals surface area contributed by atoms with Gasteiger partial charge in [0.25, 0.3) is 0 Å². The lowest BCUT2D eigenvalue weighted by atomic mass is 10.1. The van der Waals surface area contributed by atoms with E-state index in [0.29, 0.717) is 13.2 Å². The average Bonchev–Trinajstić information content (AvgIpc) is 2.31. The van der Waals surface area contributed by atoms with Crippen LogP contribution in [0.5, 0.6) is 0 Å². The molecule has 0 fully saturated rings. The van der Waals surface area contributed by atoms with Gasteiger partial charge in [0.05, 0.1) is 18.8 Å². The summed E-state index contributed by atoms with van der Waals surface area (Å²) in [6.07, 6.45) is 0. The number of nitrogens with one attached hydrogen (secondary N) is 1. The third-order valence-electron chi connectivity index (χ3n) is 3.36. The SMILES string of the molecule is Cc1cc(C)c(NC(=O)CN(C)CCOC(C)(C)C)c(C)c1. The fourth-order valence-electron chi connectivity index (χ4n) is 2.39. The first-order valence-electron chi connectivity index (χ1n) is 7.78. The number of amides is 1. The van der Waals surface area contributed by atoms with Crippen LogP contribution in [0.1, 0.15) is 37.5 Å². The second-order valence-electron chi connectivity index (χ2n) is 7.02. The fourth-order valence-corrected chi connectivity index (χ4v) is 2.39. The Morgan fingerprint density at radius 2 is 1.73 bits per heavy atom. The highest BCUT2D eigenvalue weighted by atomic mass is 16.5. The zero-order chi connectivity index (χ0) is 16.9. The molecule has 0 saturated heterocycles. The average molecular weight is 306 g/mol. The number of nitrogens with zero attached hydrogens (tertiary/aromatic N) is 1. The molecule has 22 heavy (non-hydrogen) atoms. The topological polar surface area (TPSA) is 41.6 Å². The van der Waals surface area contributed by atoms with Crippen LogP contribution in [0, 0.1) is 20.8 Å². The Labute approximate surface area is 134 Å². The number of carbonyl (C=O) groups is 1. The van der Waals surface area contributed by atoms with E-state index in [1.54, 1.807) is 0 Å². The second-order valence-corrected chi connectivity index (χ2v) is 7.02. The smallest absolute Gasteiger partial charge is 0.238 e. The molecule has 0 aromatic heterocycles. The van der Waals surface area contributed by atoms with Crippen LogP contribution in [0.4, 0.5) is 5.69 Å². The Morgan fingerprint density at radius 3 is 2.23 bits per heavy atom. The molecular weight excluding hydrogens is 276 g/mol. The van der Waals surface area contributed by atoms with Gasteiger partial charge < -0.3 is 10.1 Å². The van der Waals surface area contributed by atoms with Gasteiger partial charge in [-0.3, -0.25) is 9.69 Å². The first kappa shape index (κ1) is 18.7. The van der Waals surface area contributed by atoms with Gasteiger partial charge in [0.2, 0.25) is 5.91 Å². The van der Waals surface area contributed by atoms with Crippen molar-refractivity contribution >= 4 is 11.6 Å². The zero-order valence-electron chi connectivity index (χ0n) is 15.0. The van der Waals surface area contributed by atoms with Crippen LogP contribution >= 0.6 is 0 Å². The first-order chi connectivity index (χ1) is 10.1. The molecule has 1 rings (SSSR count). The van der Waals surface area contributed by atoms with Crippen LogP contribution < -0.4 is 5.32 Å². The van der Waals surface area contributed by atoms with Gasteiger partial charge in [-0.1, -0.05) is 17.7 Å². The molecular formula is C18H30N2O2. The van der Waals surface area contributed by atoms with E-state index in [-0.39, 0.29) is 11.5 Å². The molecule has 4 nitrogen and oxygen atoms in total. The van der Waals surface area contributed by atoms with E-state index >= 15 is 0 Å². The minimum Gasteiger partial charge on any atom is -0.375 e. The van der Waals surface area contributed by atoms with E-state index in [1.807, 2.05) is 46.6 Å². The number of aryl methyl sites for hydroxylation is 3. The molecule has 1 aromatic carbocycles. The van der Waals surface area contributed by atoms with Crippen molar-refractivity contribution < 1.29 is 9.53 Å². The normalized spacial score (nSPS) is 11.8. The summed E-state index contributed by atoms with van der Waals surface area (Å²) in [7, 11) is 1.93. The number of hydrogen-bond donors (Lipinski definition) is 1. The molecule has 124 valence electrons. The van der Waals surface area contributed by atoms with E-state index in [4.69, 9.17) is 4.74 Å². The predicted molar refractivity (Wildman–Crippen MR) is 92.5 cm³/mol. The molecule has 0 spiro atoms. The summed E-state index contributed by atoms with van der Waals surface area (Å²) < 4.78 is 5.68. The van der Waals surface area contributed by atoms with Gasteiger partial charge in [0.1, 0.15) is 0 Å². The highest BCUT2D eigenvalue weighted by Crippen LogP contribution is 2.21. The number of benzene rings is 1. The summed E-state index contributed by atoms with van der Waals surface area (Å²) >= 11 is 0. The first-order valence-corrected chi connectivity index (χ1v) is 7.78. The van der Waals surface area contributed by atoms with Crippen molar-refractivity contribution in [2.45, 2.75) is 47.1 Å². The maximum Gasteiger partial charge on any atom is 0.238 e. The quantitative estimate of drug-likeness (QED) is 0.877. The maximum atomic E-state index is 12.2. The van der Waals surface area contributed by atoms with Crippen molar-refractivity contribution in [2.24, 2.45) is 0 Å². The van der Waals surface area contributed by atoms with Crippen LogP contribution in [-0.2, 0) is 9.53 Å². The molecule has 0 radical (unpaired) electrons. The summed E-state index contributed by atoms with van der Waals surface area (Å²) in [5.41, 5.74) is 4.20. The van der Waals surface area contributed by atoms with Crippen molar-refractivity contribution in [3.8, 4) is 0 Å². The van der Waals surface area contributed by atoms with Crippen LogP contribution in [0.15, 0.2) is 12.1 Å². The number of carbonyl (C=O) groups excluding carboxylic acids is 1. The number of anilines is 1. The molecule has 0 bridgehead atoms. The number of hydrogen-bond acceptors (Lipinski definition) is 3. The Hall–Kier alpha value is -1.39. The van der Waals surface area contributed by atoms with E-state index in [1.165, 1.54) is 5.56 Å². The van der Waals surface area contributed by atoms with Crippen molar-refractivity contribution in [1.29, 1.82) is 0 Å². The second kappa shape index (κ2) is 7.75. The van der Waals surface area contributed by atoms with Gasteiger partial charge in [0.15, 0.2) is 0 Å². The van der Waals surface area contributed by atoms with Crippen LogP contribution in [0.3, 0.4) is 0 Å². The molecule has 0 aliphatic carbocycles. The summed E-state index contributed by atoms with van der Waals surface area (Å²) in [6.45, 7) is 13.9. The lowest BCUT2D eigenvalue weighted by Gasteiger charge is -2.22. The van der Waals surface area contributed by atoms with E-state index in [9.17, 15) is 4.79 Å². The van der Waals surface area contributed by atoms with Crippen molar-refractivity contribution in [1.82, 2.24) is 4.90 Å². The van der Waals surface area contributed by atoms with E-state index in [0.717, 1.165) is 23.4 Å². The monoisotopic (exact) mass is 306 g/mol. The molecule has 0 atom stereocenters. The summed E-state index contributed by atoms with van der Waals surface area (Å²) in [6, 6.07) is 4.17. The number of rotatable bonds is 6. The van der Waals surface area contributed by atoms with Crippen molar-refractivity contribution in [3.63, 3.8) is 0 Å². The number of ether oxygens (including phenoxy) is 1. The predicted octanol–water partition coefficient (Wildman–Crippen LogP) is 3.30. The van der Waals surface area contributed by atoms with Gasteiger partial charge >= 0.3 is 0 Å². The third-order valence-corrected chi connectivity index (χ3v) is 3.36. The molecule has 0 saturated carbocycles. The summed E-state index contributed by atoms with van der Waals surface area (Å²) in [5, 5.41) is 3.02. The van der Waals surface area contributed by atoms with Gasteiger partial charge in [-0.05, 0) is 59.7 Å². The fraction of sp³-hybridized carbons (Fsp3) is 0.611. The Bertz CT molecular complexity index is 495. The lowest BCUT2D eigenvalue weighted by Crippen LogP contribution is -2.34. The molecule has 0 unspecified atom stereocenters. The third kappa shape index (κ3) is 6.58. The van der Waals surface area contributed by atoms with Crippen molar-refractivity contribution in [3.05, 3.63) is 28.8 Å². The van der Waals surface area contributed by atoms with Gasteiger partial charge in [0, 0.05) is 12.2 Å². The molecule has 4 heteroatoms. The zero-order valence-corrected chi connectivity index (χ0v) is 15.0. The lowest BCUT2D eigenvalue weighted by molar-refractivity contribution is -0.117. The maximum absolute atomic E-state index is 12.2. The molecule has 1 amide bonds. The highest BCUT2D eigenvalue weighted by Gasteiger charge is 2.13. The standard InChI is InChI=1S/C18H30N2O2/c1-13-10-14(2)17(15(3)11-13)19-16(21)12-20(7)8-9-22-18(4,5)6/h10-11H,8-9,12H2,1-7H3,(H,19,21). The highest BCUT2D eigenvalue weighted by molar-refractivity contribution is 5.93. The van der Waals surface area contributed by atoms with Crippen LogP contribution in [-0.4, -0.2) is 43.2 Å². The minimum atomic E-state index is -0.140. The molecule has 1 N–H and O–H groups in total. The Balaban J connectivity index is 2.50. The van der Waals surface area contributed by atoms with Crippen LogP contribution in [0.25, 0.3) is 0 Å². The largest absolute Gasteiger partial charge is 0.375 e. The van der Waals surface area contributed by atoms with E-state index < -0.39 is 0 Å². The minimum absolute atomic E-state index is 0.00770. The molecule has 1 aromatic rings. The van der Waals surface area contributed by atoms with E-state index in [2.05, 4.69) is 24.4 Å². The van der Waals surface area contributed by atoms with Crippen LogP contribution in [0.2, 0.25) is 0 Å².